The van der Waals surface area contributed by atoms with Gasteiger partial charge >= 0.3 is 292 Å². The van der Waals surface area contributed by atoms with Crippen LogP contribution in [-0.4, -0.2) is 61.1 Å². The van der Waals surface area contributed by atoms with Crippen molar-refractivity contribution < 1.29 is 0 Å². The molecule has 0 radical (unpaired) electrons. The quantitative estimate of drug-likeness (QED) is 0.205. The van der Waals surface area contributed by atoms with E-state index in [1.165, 1.54) is 16.7 Å². The zero-order valence-corrected chi connectivity index (χ0v) is 41.9. The van der Waals surface area contributed by atoms with Crippen molar-refractivity contribution in [1.29, 1.82) is 0 Å². The minimum atomic E-state index is -2.32. The second-order valence-electron chi connectivity index (χ2n) is 20.7. The summed E-state index contributed by atoms with van der Waals surface area (Å²) >= 11 is -2.32. The summed E-state index contributed by atoms with van der Waals surface area (Å²) in [4.78, 5) is 0. The van der Waals surface area contributed by atoms with Gasteiger partial charge in [0.15, 0.2) is 0 Å². The Morgan fingerprint density at radius 3 is 0.955 bits per heavy atom. The summed E-state index contributed by atoms with van der Waals surface area (Å²) in [5, 5.41) is 2.15. The second kappa shape index (κ2) is 13.4. The molecule has 0 N–H and O–H groups in total. The Morgan fingerprint density at radius 1 is 0.432 bits per heavy atom. The van der Waals surface area contributed by atoms with E-state index in [-0.39, 0.29) is 0 Å². The third kappa shape index (κ3) is 9.35. The van der Waals surface area contributed by atoms with Gasteiger partial charge in [0, 0.05) is 0 Å². The molecule has 0 aliphatic rings. The fourth-order valence-corrected chi connectivity index (χ4v) is 56.6. The summed E-state index contributed by atoms with van der Waals surface area (Å²) in [6.45, 7) is 54.9. The van der Waals surface area contributed by atoms with Crippen LogP contribution in [0, 0.1) is 20.8 Å². The fourth-order valence-electron chi connectivity index (χ4n) is 10.0. The Hall–Kier alpha value is 0.504. The van der Waals surface area contributed by atoms with E-state index in [9.17, 15) is 0 Å². The fraction of sp³-hybridized carbons (Fsp3) is 0.667. The van der Waals surface area contributed by atoms with Crippen LogP contribution in [0.25, 0.3) is 0 Å². The molecule has 248 valence electrons. The molecule has 0 fully saturated rings. The van der Waals surface area contributed by atoms with E-state index in [0.29, 0.717) is 10.3 Å². The summed E-state index contributed by atoms with van der Waals surface area (Å²) < 4.78 is 3.32. The van der Waals surface area contributed by atoms with Crippen molar-refractivity contribution in [1.82, 2.24) is 0 Å². The Kier molecular flexibility index (Phi) is 12.4. The first kappa shape index (κ1) is 40.7. The summed E-state index contributed by atoms with van der Waals surface area (Å²) in [5.74, 6) is 0. The SMILES string of the molecule is Cc1cc(C)[c]([Ge](=[S])[c]2c(C([Si](C)(C)C)[Si](C)(C)C)cc(C([Si](C)(C)C)[Si](C)(C)C)cc2C([Si](C)(C)C)[Si](C)(C)C)c(C)c1. The van der Waals surface area contributed by atoms with Crippen molar-refractivity contribution in [2.75, 3.05) is 0 Å². The van der Waals surface area contributed by atoms with Gasteiger partial charge in [-0.25, -0.2) is 0 Å². The molecule has 2 aromatic rings. The number of hydrogen-bond acceptors (Lipinski definition) is 1. The van der Waals surface area contributed by atoms with Crippen molar-refractivity contribution in [3.05, 3.63) is 57.6 Å². The molecule has 0 amide bonds. The van der Waals surface area contributed by atoms with Crippen molar-refractivity contribution in [2.45, 2.75) is 154 Å². The van der Waals surface area contributed by atoms with E-state index in [4.69, 9.17) is 10.5 Å². The van der Waals surface area contributed by atoms with Gasteiger partial charge in [-0.3, -0.25) is 0 Å². The number of rotatable bonds is 11. The summed E-state index contributed by atoms with van der Waals surface area (Å²) in [5.41, 5.74) is 9.53. The Bertz CT molecular complexity index is 1250. The van der Waals surface area contributed by atoms with E-state index >= 15 is 0 Å². The van der Waals surface area contributed by atoms with E-state index in [1.54, 1.807) is 25.5 Å². The molecule has 44 heavy (non-hydrogen) atoms. The van der Waals surface area contributed by atoms with Crippen LogP contribution in [0.15, 0.2) is 24.3 Å². The predicted molar refractivity (Wildman–Crippen MR) is 228 cm³/mol. The molecule has 0 nitrogen and oxygen atoms in total. The molecule has 0 heterocycles. The van der Waals surface area contributed by atoms with Crippen LogP contribution in [0.3, 0.4) is 0 Å². The van der Waals surface area contributed by atoms with Crippen LogP contribution in [-0.2, 0) is 0 Å². The van der Waals surface area contributed by atoms with Crippen LogP contribution >= 0.6 is 10.5 Å². The first-order chi connectivity index (χ1) is 19.3. The van der Waals surface area contributed by atoms with Crippen LogP contribution in [0.2, 0.25) is 118 Å². The van der Waals surface area contributed by atoms with Crippen LogP contribution in [0.4, 0.5) is 0 Å². The molecule has 2 rings (SSSR count). The third-order valence-electron chi connectivity index (χ3n) is 9.50. The summed E-state index contributed by atoms with van der Waals surface area (Å²) in [6.07, 6.45) is 0. The van der Waals surface area contributed by atoms with Gasteiger partial charge in [-0.1, -0.05) is 0 Å². The molecule has 8 heteroatoms. The summed E-state index contributed by atoms with van der Waals surface area (Å²) in [6, 6.07) is 10.5. The van der Waals surface area contributed by atoms with Crippen molar-refractivity contribution in [2.24, 2.45) is 0 Å². The van der Waals surface area contributed by atoms with Crippen LogP contribution in [0.1, 0.15) is 48.9 Å². The van der Waals surface area contributed by atoms with Gasteiger partial charge in [0.05, 0.1) is 0 Å². The van der Waals surface area contributed by atoms with Crippen molar-refractivity contribution in [3.8, 4) is 0 Å². The monoisotopic (exact) mass is 776 g/mol. The molecule has 0 bridgehead atoms. The van der Waals surface area contributed by atoms with E-state index in [0.717, 1.165) is 5.16 Å². The first-order valence-electron chi connectivity index (χ1n) is 17.1. The molecule has 2 aromatic carbocycles. The number of aryl methyl sites for hydroxylation is 3. The minimum absolute atomic E-state index is 0.702. The predicted octanol–water partition coefficient (Wildman–Crippen LogP) is 11.4. The molecule has 0 saturated carbocycles. The molecular weight excluding hydrogens is 706 g/mol. The number of hydrogen-bond donors (Lipinski definition) is 0. The third-order valence-corrected chi connectivity index (χ3v) is 44.3. The van der Waals surface area contributed by atoms with Crippen LogP contribution < -0.4 is 8.79 Å². The van der Waals surface area contributed by atoms with Gasteiger partial charge in [0.1, 0.15) is 0 Å². The molecular formula is C36H70GeSSi6. The molecule has 0 saturated heterocycles. The average molecular weight is 776 g/mol. The van der Waals surface area contributed by atoms with Gasteiger partial charge in [0.2, 0.25) is 0 Å². The zero-order valence-electron chi connectivity index (χ0n) is 32.9. The molecule has 0 atom stereocenters. The van der Waals surface area contributed by atoms with Gasteiger partial charge in [0.25, 0.3) is 0 Å². The maximum atomic E-state index is 7.10. The zero-order chi connectivity index (χ0) is 34.8. The molecule has 0 unspecified atom stereocenters. The maximum absolute atomic E-state index is 7.10. The molecule has 0 spiro atoms. The van der Waals surface area contributed by atoms with E-state index in [2.05, 4.69) is 163 Å². The van der Waals surface area contributed by atoms with Gasteiger partial charge in [-0.05, 0) is 0 Å². The van der Waals surface area contributed by atoms with Gasteiger partial charge in [-0.2, -0.15) is 0 Å². The summed E-state index contributed by atoms with van der Waals surface area (Å²) in [7, 11) is -2.26. The molecule has 0 aliphatic heterocycles. The van der Waals surface area contributed by atoms with E-state index in [1.807, 2.05) is 0 Å². The normalized spacial score (nSPS) is 14.3. The average Bonchev–Trinajstić information content (AvgIpc) is 2.66. The van der Waals surface area contributed by atoms with Gasteiger partial charge in [-0.15, -0.1) is 0 Å². The topological polar surface area (TPSA) is 0 Å². The Balaban J connectivity index is 3.46. The van der Waals surface area contributed by atoms with Crippen LogP contribution in [0.5, 0.6) is 0 Å². The Morgan fingerprint density at radius 2 is 0.705 bits per heavy atom. The van der Waals surface area contributed by atoms with Crippen molar-refractivity contribution in [3.63, 3.8) is 0 Å². The van der Waals surface area contributed by atoms with Gasteiger partial charge < -0.3 is 0 Å². The molecule has 0 aromatic heterocycles. The van der Waals surface area contributed by atoms with Crippen molar-refractivity contribution >= 4 is 80.4 Å². The second-order valence-corrected chi connectivity index (χ2v) is 59.9. The standard InChI is InChI=1S/C36H70GeSSi6/c1-26-22-27(2)32(28(3)23-26)37(38)33-30(35(41(10,11)12)42(13,14)15)24-29(34(39(4,5)6)40(7,8)9)25-31(33)36(43(16,17)18)44(19,20)21/h22-25,34-36H,1-21H3. The number of benzene rings is 2. The van der Waals surface area contributed by atoms with E-state index < -0.39 is 61.1 Å². The molecule has 0 aliphatic carbocycles. The first-order valence-corrected chi connectivity index (χ1v) is 43.7. The Labute approximate surface area is 290 Å².